The second-order valence-electron chi connectivity index (χ2n) is 4.72. The van der Waals surface area contributed by atoms with Crippen molar-refractivity contribution >= 4 is 43.2 Å². The monoisotopic (exact) mass is 381 g/mol. The Morgan fingerprint density at radius 2 is 2.00 bits per heavy atom. The highest BCUT2D eigenvalue weighted by molar-refractivity contribution is 9.13. The van der Waals surface area contributed by atoms with E-state index in [0.717, 1.165) is 40.5 Å². The van der Waals surface area contributed by atoms with Crippen LogP contribution in [0.5, 0.6) is 0 Å². The fourth-order valence-electron chi connectivity index (χ4n) is 2.28. The minimum absolute atomic E-state index is 0.468. The van der Waals surface area contributed by atoms with Gasteiger partial charge in [0.1, 0.15) is 0 Å². The van der Waals surface area contributed by atoms with Crippen LogP contribution in [0.25, 0.3) is 0 Å². The van der Waals surface area contributed by atoms with E-state index in [4.69, 9.17) is 0 Å². The molecule has 2 nitrogen and oxygen atoms in total. The van der Waals surface area contributed by atoms with Gasteiger partial charge in [-0.25, -0.2) is 0 Å². The summed E-state index contributed by atoms with van der Waals surface area (Å²) in [6.45, 7) is 1.54. The largest absolute Gasteiger partial charge is 0.389 e. The van der Waals surface area contributed by atoms with Crippen LogP contribution >= 0.6 is 43.2 Å². The van der Waals surface area contributed by atoms with Crippen molar-refractivity contribution in [1.82, 2.24) is 5.32 Å². The average Bonchev–Trinajstić information content (AvgIpc) is 2.59. The zero-order valence-corrected chi connectivity index (χ0v) is 13.6. The smallest absolute Gasteiger partial charge is 0.0843 e. The zero-order chi connectivity index (χ0) is 12.3. The van der Waals surface area contributed by atoms with E-state index < -0.39 is 5.60 Å². The molecule has 5 heteroatoms. The average molecular weight is 383 g/mol. The molecule has 0 radical (unpaired) electrons. The summed E-state index contributed by atoms with van der Waals surface area (Å²) in [6, 6.07) is 2.12. The lowest BCUT2D eigenvalue weighted by atomic mass is 9.85. The molecule has 1 aliphatic carbocycles. The SMILES string of the molecule is OC1(CNCc2cc(Br)c(Br)s2)CCCCC1. The minimum atomic E-state index is -0.468. The number of aliphatic hydroxyl groups is 1. The van der Waals surface area contributed by atoms with E-state index >= 15 is 0 Å². The van der Waals surface area contributed by atoms with Crippen molar-refractivity contribution in [2.45, 2.75) is 44.2 Å². The van der Waals surface area contributed by atoms with Crippen LogP contribution in [0.3, 0.4) is 0 Å². The Kier molecular flexibility index (Phi) is 5.06. The molecule has 2 N–H and O–H groups in total. The second-order valence-corrected chi connectivity index (χ2v) is 8.03. The first-order chi connectivity index (χ1) is 8.09. The van der Waals surface area contributed by atoms with Crippen molar-refractivity contribution in [2.24, 2.45) is 0 Å². The van der Waals surface area contributed by atoms with Gasteiger partial charge in [0.2, 0.25) is 0 Å². The van der Waals surface area contributed by atoms with Crippen molar-refractivity contribution in [3.63, 3.8) is 0 Å². The lowest BCUT2D eigenvalue weighted by molar-refractivity contribution is 0.00472. The minimum Gasteiger partial charge on any atom is -0.389 e. The van der Waals surface area contributed by atoms with Crippen molar-refractivity contribution in [3.05, 3.63) is 19.2 Å². The van der Waals surface area contributed by atoms with E-state index in [1.807, 2.05) is 0 Å². The van der Waals surface area contributed by atoms with E-state index in [-0.39, 0.29) is 0 Å². The third-order valence-electron chi connectivity index (χ3n) is 3.23. The Balaban J connectivity index is 1.78. The maximum Gasteiger partial charge on any atom is 0.0843 e. The molecule has 1 fully saturated rings. The van der Waals surface area contributed by atoms with Gasteiger partial charge >= 0.3 is 0 Å². The maximum absolute atomic E-state index is 10.3. The van der Waals surface area contributed by atoms with Crippen LogP contribution < -0.4 is 5.32 Å². The van der Waals surface area contributed by atoms with Gasteiger partial charge in [-0.3, -0.25) is 0 Å². The Bertz CT molecular complexity index is 355. The molecule has 0 saturated heterocycles. The molecule has 0 amide bonds. The summed E-state index contributed by atoms with van der Waals surface area (Å²) in [7, 11) is 0. The second kappa shape index (κ2) is 6.15. The summed E-state index contributed by atoms with van der Waals surface area (Å²) in [5.41, 5.74) is -0.468. The molecular weight excluding hydrogens is 366 g/mol. The number of hydrogen-bond acceptors (Lipinski definition) is 3. The van der Waals surface area contributed by atoms with Crippen LogP contribution in [0.1, 0.15) is 37.0 Å². The summed E-state index contributed by atoms with van der Waals surface area (Å²) in [5, 5.41) is 13.7. The Labute approximate surface area is 123 Å². The molecule has 1 aromatic heterocycles. The first-order valence-corrected chi connectivity index (χ1v) is 8.36. The van der Waals surface area contributed by atoms with Crippen LogP contribution in [-0.4, -0.2) is 17.3 Å². The molecule has 0 atom stereocenters. The van der Waals surface area contributed by atoms with Crippen molar-refractivity contribution in [1.29, 1.82) is 0 Å². The van der Waals surface area contributed by atoms with Crippen LogP contribution in [0.4, 0.5) is 0 Å². The normalized spacial score (nSPS) is 19.5. The number of thiophene rings is 1. The van der Waals surface area contributed by atoms with Gasteiger partial charge in [0.05, 0.1) is 9.39 Å². The van der Waals surface area contributed by atoms with Crippen molar-refractivity contribution < 1.29 is 5.11 Å². The topological polar surface area (TPSA) is 32.3 Å². The molecule has 0 bridgehead atoms. The van der Waals surface area contributed by atoms with Crippen LogP contribution in [-0.2, 0) is 6.54 Å². The molecule has 1 saturated carbocycles. The molecule has 96 valence electrons. The summed E-state index contributed by atoms with van der Waals surface area (Å²) < 4.78 is 2.24. The van der Waals surface area contributed by atoms with Gasteiger partial charge in [0.15, 0.2) is 0 Å². The third-order valence-corrected chi connectivity index (χ3v) is 6.49. The third kappa shape index (κ3) is 4.03. The standard InChI is InChI=1S/C12H17Br2NOS/c13-10-6-9(17-11(10)14)7-15-8-12(16)4-2-1-3-5-12/h6,15-16H,1-5,7-8H2. The van der Waals surface area contributed by atoms with Gasteiger partial charge in [-0.05, 0) is 50.8 Å². The fraction of sp³-hybridized carbons (Fsp3) is 0.667. The first-order valence-electron chi connectivity index (χ1n) is 5.96. The summed E-state index contributed by atoms with van der Waals surface area (Å²) in [5.74, 6) is 0. The summed E-state index contributed by atoms with van der Waals surface area (Å²) in [4.78, 5) is 1.28. The zero-order valence-electron chi connectivity index (χ0n) is 9.64. The van der Waals surface area contributed by atoms with E-state index in [9.17, 15) is 5.11 Å². The molecule has 0 spiro atoms. The van der Waals surface area contributed by atoms with Gasteiger partial charge < -0.3 is 10.4 Å². The Morgan fingerprint density at radius 1 is 1.29 bits per heavy atom. The molecule has 0 aromatic carbocycles. The van der Waals surface area contributed by atoms with Gasteiger partial charge in [0.25, 0.3) is 0 Å². The van der Waals surface area contributed by atoms with E-state index in [1.54, 1.807) is 11.3 Å². The number of hydrogen-bond donors (Lipinski definition) is 2. The molecule has 0 unspecified atom stereocenters. The quantitative estimate of drug-likeness (QED) is 0.822. The summed E-state index contributed by atoms with van der Waals surface area (Å²) >= 11 is 8.70. The first kappa shape index (κ1) is 14.0. The predicted molar refractivity (Wildman–Crippen MR) is 79.5 cm³/mol. The van der Waals surface area contributed by atoms with Gasteiger partial charge in [-0.2, -0.15) is 0 Å². The maximum atomic E-state index is 10.3. The van der Waals surface area contributed by atoms with Gasteiger partial charge in [-0.15, -0.1) is 11.3 Å². The van der Waals surface area contributed by atoms with Gasteiger partial charge in [-0.1, -0.05) is 19.3 Å². The Hall–Kier alpha value is 0.580. The molecule has 1 aliphatic rings. The highest BCUT2D eigenvalue weighted by atomic mass is 79.9. The highest BCUT2D eigenvalue weighted by Crippen LogP contribution is 2.32. The van der Waals surface area contributed by atoms with Crippen LogP contribution in [0.2, 0.25) is 0 Å². The van der Waals surface area contributed by atoms with E-state index in [0.29, 0.717) is 6.54 Å². The predicted octanol–water partition coefficient (Wildman–Crippen LogP) is 4.06. The van der Waals surface area contributed by atoms with E-state index in [2.05, 4.69) is 43.2 Å². The van der Waals surface area contributed by atoms with Gasteiger partial charge in [0, 0.05) is 22.4 Å². The molecule has 17 heavy (non-hydrogen) atoms. The van der Waals surface area contributed by atoms with E-state index in [1.165, 1.54) is 11.3 Å². The van der Waals surface area contributed by atoms with Crippen molar-refractivity contribution in [3.8, 4) is 0 Å². The lowest BCUT2D eigenvalue weighted by Gasteiger charge is -2.32. The van der Waals surface area contributed by atoms with Crippen molar-refractivity contribution in [2.75, 3.05) is 6.54 Å². The lowest BCUT2D eigenvalue weighted by Crippen LogP contribution is -2.41. The fourth-order valence-corrected chi connectivity index (χ4v) is 4.43. The van der Waals surface area contributed by atoms with Crippen LogP contribution in [0, 0.1) is 0 Å². The molecule has 1 heterocycles. The number of halogens is 2. The molecule has 0 aliphatic heterocycles. The molecule has 2 rings (SSSR count). The van der Waals surface area contributed by atoms with Crippen LogP contribution in [0.15, 0.2) is 14.3 Å². The number of rotatable bonds is 4. The Morgan fingerprint density at radius 3 is 2.59 bits per heavy atom. The summed E-state index contributed by atoms with van der Waals surface area (Å²) in [6.07, 6.45) is 5.48. The molecular formula is C12H17Br2NOS. The highest BCUT2D eigenvalue weighted by Gasteiger charge is 2.28. The number of nitrogens with one attached hydrogen (secondary N) is 1. The molecule has 1 aromatic rings.